The van der Waals surface area contributed by atoms with Crippen LogP contribution in [0.3, 0.4) is 0 Å². The van der Waals surface area contributed by atoms with Crippen molar-refractivity contribution < 1.29 is 18.3 Å². The molecule has 0 amide bonds. The molecule has 4 nitrogen and oxygen atoms in total. The first kappa shape index (κ1) is 16.0. The van der Waals surface area contributed by atoms with Gasteiger partial charge in [-0.2, -0.15) is 0 Å². The molecule has 0 bridgehead atoms. The van der Waals surface area contributed by atoms with E-state index >= 15 is 0 Å². The van der Waals surface area contributed by atoms with Gasteiger partial charge in [0.05, 0.1) is 13.2 Å². The van der Waals surface area contributed by atoms with E-state index in [0.717, 1.165) is 37.2 Å². The largest absolute Gasteiger partial charge is 0.514 e. The number of hydrogen-bond donors (Lipinski definition) is 0. The highest BCUT2D eigenvalue weighted by Crippen LogP contribution is 2.17. The summed E-state index contributed by atoms with van der Waals surface area (Å²) in [4.78, 5) is 0. The Bertz CT molecular complexity index is 518. The van der Waals surface area contributed by atoms with Crippen LogP contribution in [0.25, 0.3) is 0 Å². The average molecular weight is 330 g/mol. The SMILES string of the molecule is c1ccc(O[SiH](CCCOCC2CO2)Oc2ccccc2)cc1. The van der Waals surface area contributed by atoms with Crippen molar-refractivity contribution in [3.63, 3.8) is 0 Å². The molecule has 0 spiro atoms. The summed E-state index contributed by atoms with van der Waals surface area (Å²) >= 11 is 0. The van der Waals surface area contributed by atoms with Gasteiger partial charge in [-0.25, -0.2) is 0 Å². The second-order valence-electron chi connectivity index (χ2n) is 5.46. The highest BCUT2D eigenvalue weighted by molar-refractivity contribution is 6.46. The van der Waals surface area contributed by atoms with Gasteiger partial charge < -0.3 is 18.3 Å². The number of epoxide rings is 1. The lowest BCUT2D eigenvalue weighted by atomic mass is 10.3. The summed E-state index contributed by atoms with van der Waals surface area (Å²) in [6, 6.07) is 20.6. The minimum absolute atomic E-state index is 0.323. The first-order valence-electron chi connectivity index (χ1n) is 8.03. The third kappa shape index (κ3) is 6.06. The highest BCUT2D eigenvalue weighted by Gasteiger charge is 2.22. The van der Waals surface area contributed by atoms with E-state index in [4.69, 9.17) is 18.3 Å². The van der Waals surface area contributed by atoms with Crippen LogP contribution in [-0.2, 0) is 9.47 Å². The fraction of sp³-hybridized carbons (Fsp3) is 0.333. The lowest BCUT2D eigenvalue weighted by Crippen LogP contribution is -2.30. The van der Waals surface area contributed by atoms with Crippen molar-refractivity contribution in [2.75, 3.05) is 19.8 Å². The Morgan fingerprint density at radius 2 is 1.48 bits per heavy atom. The predicted octanol–water partition coefficient (Wildman–Crippen LogP) is 3.17. The van der Waals surface area contributed by atoms with E-state index in [-0.39, 0.29) is 0 Å². The fourth-order valence-electron chi connectivity index (χ4n) is 2.17. The van der Waals surface area contributed by atoms with E-state index in [1.807, 2.05) is 60.7 Å². The quantitative estimate of drug-likeness (QED) is 0.381. The maximum absolute atomic E-state index is 6.09. The number of rotatable bonds is 10. The van der Waals surface area contributed by atoms with Gasteiger partial charge in [0.1, 0.15) is 17.6 Å². The molecule has 1 aliphatic heterocycles. The zero-order valence-corrected chi connectivity index (χ0v) is 14.3. The molecule has 122 valence electrons. The van der Waals surface area contributed by atoms with Gasteiger partial charge >= 0.3 is 9.28 Å². The molecule has 23 heavy (non-hydrogen) atoms. The monoisotopic (exact) mass is 330 g/mol. The van der Waals surface area contributed by atoms with Crippen molar-refractivity contribution in [1.29, 1.82) is 0 Å². The Kier molecular flexibility index (Phi) is 6.08. The molecular weight excluding hydrogens is 308 g/mol. The molecule has 1 aliphatic rings. The summed E-state index contributed by atoms with van der Waals surface area (Å²) in [7, 11) is -1.85. The Morgan fingerprint density at radius 1 is 0.913 bits per heavy atom. The van der Waals surface area contributed by atoms with E-state index < -0.39 is 9.28 Å². The summed E-state index contributed by atoms with van der Waals surface area (Å²) in [5.74, 6) is 1.74. The Hall–Kier alpha value is -1.82. The second kappa shape index (κ2) is 8.72. The van der Waals surface area contributed by atoms with Crippen LogP contribution in [0.1, 0.15) is 6.42 Å². The zero-order valence-electron chi connectivity index (χ0n) is 13.1. The van der Waals surface area contributed by atoms with Crippen molar-refractivity contribution in [3.8, 4) is 11.5 Å². The summed E-state index contributed by atoms with van der Waals surface area (Å²) in [5, 5.41) is 0. The number of benzene rings is 2. The molecule has 1 heterocycles. The van der Waals surface area contributed by atoms with Gasteiger partial charge in [0.2, 0.25) is 0 Å². The molecule has 2 aromatic rings. The van der Waals surface area contributed by atoms with Crippen molar-refractivity contribution >= 4 is 9.28 Å². The molecule has 0 N–H and O–H groups in total. The van der Waals surface area contributed by atoms with Gasteiger partial charge in [-0.15, -0.1) is 0 Å². The van der Waals surface area contributed by atoms with E-state index in [9.17, 15) is 0 Å². The number of para-hydroxylation sites is 2. The molecule has 3 rings (SSSR count). The molecule has 1 saturated heterocycles. The van der Waals surface area contributed by atoms with E-state index in [1.165, 1.54) is 0 Å². The summed E-state index contributed by atoms with van der Waals surface area (Å²) in [6.45, 7) is 2.26. The fourth-order valence-corrected chi connectivity index (χ4v) is 3.88. The van der Waals surface area contributed by atoms with E-state index in [0.29, 0.717) is 12.7 Å². The lowest BCUT2D eigenvalue weighted by Gasteiger charge is -2.19. The molecule has 0 radical (unpaired) electrons. The van der Waals surface area contributed by atoms with Crippen LogP contribution >= 0.6 is 0 Å². The van der Waals surface area contributed by atoms with Gasteiger partial charge in [-0.1, -0.05) is 36.4 Å². The number of ether oxygens (including phenoxy) is 2. The smallest absolute Gasteiger partial charge is 0.444 e. The second-order valence-corrected chi connectivity index (χ2v) is 7.37. The molecule has 2 aromatic carbocycles. The standard InChI is InChI=1S/C18H22O4Si/c1-3-8-16(9-4-1)21-23(22-17-10-5-2-6-11-17)13-7-12-19-14-18-15-20-18/h1-6,8-11,18,23H,7,12-15H2. The third-order valence-corrected chi connectivity index (χ3v) is 5.41. The van der Waals surface area contributed by atoms with Gasteiger partial charge in [0.15, 0.2) is 0 Å². The van der Waals surface area contributed by atoms with Crippen molar-refractivity contribution in [2.24, 2.45) is 0 Å². The van der Waals surface area contributed by atoms with Gasteiger partial charge in [-0.05, 0) is 30.7 Å². The first-order valence-corrected chi connectivity index (χ1v) is 9.79. The van der Waals surface area contributed by atoms with Gasteiger partial charge in [0, 0.05) is 12.7 Å². The maximum atomic E-state index is 6.09. The van der Waals surface area contributed by atoms with Crippen LogP contribution in [0.15, 0.2) is 60.7 Å². The molecule has 1 fully saturated rings. The normalized spacial score (nSPS) is 16.3. The van der Waals surface area contributed by atoms with Gasteiger partial charge in [-0.3, -0.25) is 0 Å². The Morgan fingerprint density at radius 3 is 2.00 bits per heavy atom. The lowest BCUT2D eigenvalue weighted by molar-refractivity contribution is 0.116. The van der Waals surface area contributed by atoms with Crippen LogP contribution in [-0.4, -0.2) is 35.2 Å². The first-order chi connectivity index (χ1) is 11.4. The van der Waals surface area contributed by atoms with Crippen molar-refractivity contribution in [1.82, 2.24) is 0 Å². The average Bonchev–Trinajstić information content (AvgIpc) is 3.41. The van der Waals surface area contributed by atoms with Crippen molar-refractivity contribution in [2.45, 2.75) is 18.6 Å². The van der Waals surface area contributed by atoms with E-state index in [1.54, 1.807) is 0 Å². The molecule has 1 atom stereocenters. The molecule has 0 aromatic heterocycles. The topological polar surface area (TPSA) is 40.2 Å². The van der Waals surface area contributed by atoms with Crippen LogP contribution in [0.4, 0.5) is 0 Å². The molecule has 1 unspecified atom stereocenters. The van der Waals surface area contributed by atoms with Crippen LogP contribution < -0.4 is 8.85 Å². The predicted molar refractivity (Wildman–Crippen MR) is 91.3 cm³/mol. The molecular formula is C18H22O4Si. The van der Waals surface area contributed by atoms with Crippen LogP contribution in [0, 0.1) is 0 Å². The minimum atomic E-state index is -1.85. The minimum Gasteiger partial charge on any atom is -0.514 e. The van der Waals surface area contributed by atoms with Crippen molar-refractivity contribution in [3.05, 3.63) is 60.7 Å². The van der Waals surface area contributed by atoms with Crippen LogP contribution in [0.5, 0.6) is 11.5 Å². The maximum Gasteiger partial charge on any atom is 0.444 e. The molecule has 5 heteroatoms. The van der Waals surface area contributed by atoms with Gasteiger partial charge in [0.25, 0.3) is 0 Å². The summed E-state index contributed by atoms with van der Waals surface area (Å²) in [6.07, 6.45) is 1.26. The summed E-state index contributed by atoms with van der Waals surface area (Å²) in [5.41, 5.74) is 0. The molecule has 0 saturated carbocycles. The molecule has 0 aliphatic carbocycles. The third-order valence-electron chi connectivity index (χ3n) is 3.46. The number of hydrogen-bond acceptors (Lipinski definition) is 4. The Balaban J connectivity index is 1.49. The van der Waals surface area contributed by atoms with Crippen LogP contribution in [0.2, 0.25) is 6.04 Å². The highest BCUT2D eigenvalue weighted by atomic mass is 28.3. The Labute approximate surface area is 138 Å². The zero-order chi connectivity index (χ0) is 15.7. The van der Waals surface area contributed by atoms with E-state index in [2.05, 4.69) is 0 Å². The summed E-state index contributed by atoms with van der Waals surface area (Å²) < 4.78 is 22.9.